The van der Waals surface area contributed by atoms with Crippen LogP contribution in [-0.2, 0) is 12.8 Å². The fourth-order valence-electron chi connectivity index (χ4n) is 2.58. The van der Waals surface area contributed by atoms with Crippen LogP contribution < -0.4 is 5.73 Å². The van der Waals surface area contributed by atoms with Crippen LogP contribution in [0.1, 0.15) is 22.5 Å². The van der Waals surface area contributed by atoms with Gasteiger partial charge in [0.15, 0.2) is 0 Å². The molecule has 0 aliphatic carbocycles. The molecule has 108 valence electrons. The van der Waals surface area contributed by atoms with Gasteiger partial charge in [-0.3, -0.25) is 0 Å². The van der Waals surface area contributed by atoms with Gasteiger partial charge in [-0.15, -0.1) is 0 Å². The molecule has 2 aromatic heterocycles. The van der Waals surface area contributed by atoms with Crippen molar-refractivity contribution in [2.24, 2.45) is 5.73 Å². The minimum absolute atomic E-state index is 0.216. The third kappa shape index (κ3) is 2.81. The van der Waals surface area contributed by atoms with Gasteiger partial charge in [-0.2, -0.15) is 0 Å². The van der Waals surface area contributed by atoms with Gasteiger partial charge in [-0.05, 0) is 48.9 Å². The predicted octanol–water partition coefficient (Wildman–Crippen LogP) is 2.87. The van der Waals surface area contributed by atoms with Gasteiger partial charge in [0.2, 0.25) is 0 Å². The number of aryl methyl sites for hydroxylation is 1. The average Bonchev–Trinajstić information content (AvgIpc) is 2.79. The molecule has 0 saturated carbocycles. The lowest BCUT2D eigenvalue weighted by molar-refractivity contribution is 0.627. The number of fused-ring (bicyclic) bond motifs is 1. The van der Waals surface area contributed by atoms with Crippen molar-refractivity contribution in [1.82, 2.24) is 9.38 Å². The number of aromatic nitrogens is 2. The van der Waals surface area contributed by atoms with E-state index in [1.807, 2.05) is 6.20 Å². The summed E-state index contributed by atoms with van der Waals surface area (Å²) in [7, 11) is 0. The topological polar surface area (TPSA) is 43.3 Å². The van der Waals surface area contributed by atoms with Crippen molar-refractivity contribution in [2.45, 2.75) is 19.8 Å². The zero-order valence-electron chi connectivity index (χ0n) is 12.0. The molecule has 0 atom stereocenters. The molecule has 0 radical (unpaired) electrons. The first-order valence-corrected chi connectivity index (χ1v) is 7.08. The molecule has 0 bridgehead atoms. The number of imidazole rings is 1. The number of nitrogens with two attached hydrogens (primary N) is 1. The molecular weight excluding hydrogens is 265 g/mol. The van der Waals surface area contributed by atoms with Gasteiger partial charge in [-0.25, -0.2) is 9.37 Å². The Morgan fingerprint density at radius 1 is 1.19 bits per heavy atom. The monoisotopic (exact) mass is 283 g/mol. The molecule has 0 aliphatic rings. The van der Waals surface area contributed by atoms with Crippen LogP contribution in [0.15, 0.2) is 42.6 Å². The van der Waals surface area contributed by atoms with E-state index in [0.717, 1.165) is 29.0 Å². The summed E-state index contributed by atoms with van der Waals surface area (Å²) in [6.07, 6.45) is 3.51. The second-order valence-corrected chi connectivity index (χ2v) is 5.28. The number of hydrogen-bond donors (Lipinski definition) is 1. The van der Waals surface area contributed by atoms with Crippen LogP contribution in [0.25, 0.3) is 5.65 Å². The molecular formula is C17H18FN3. The Hall–Kier alpha value is -2.20. The summed E-state index contributed by atoms with van der Waals surface area (Å²) < 4.78 is 15.1. The lowest BCUT2D eigenvalue weighted by atomic mass is 10.1. The third-order valence-electron chi connectivity index (χ3n) is 3.63. The van der Waals surface area contributed by atoms with Crippen LogP contribution in [0, 0.1) is 12.7 Å². The van der Waals surface area contributed by atoms with Crippen LogP contribution in [0.2, 0.25) is 0 Å². The summed E-state index contributed by atoms with van der Waals surface area (Å²) in [4.78, 5) is 4.72. The van der Waals surface area contributed by atoms with Crippen molar-refractivity contribution in [3.63, 3.8) is 0 Å². The van der Waals surface area contributed by atoms with E-state index >= 15 is 0 Å². The van der Waals surface area contributed by atoms with Crippen molar-refractivity contribution in [3.8, 4) is 0 Å². The summed E-state index contributed by atoms with van der Waals surface area (Å²) in [5, 5.41) is 0. The van der Waals surface area contributed by atoms with Crippen LogP contribution in [0.3, 0.4) is 0 Å². The van der Waals surface area contributed by atoms with E-state index < -0.39 is 0 Å². The number of halogens is 1. The van der Waals surface area contributed by atoms with Gasteiger partial charge >= 0.3 is 0 Å². The zero-order valence-corrected chi connectivity index (χ0v) is 12.0. The minimum atomic E-state index is -0.216. The van der Waals surface area contributed by atoms with Crippen molar-refractivity contribution in [2.75, 3.05) is 6.54 Å². The first-order valence-electron chi connectivity index (χ1n) is 7.08. The quantitative estimate of drug-likeness (QED) is 0.800. The molecule has 0 spiro atoms. The Morgan fingerprint density at radius 2 is 1.95 bits per heavy atom. The molecule has 0 amide bonds. The summed E-state index contributed by atoms with van der Waals surface area (Å²) in [6, 6.07) is 10.7. The van der Waals surface area contributed by atoms with Gasteiger partial charge < -0.3 is 10.1 Å². The highest BCUT2D eigenvalue weighted by Crippen LogP contribution is 2.18. The molecule has 2 heterocycles. The van der Waals surface area contributed by atoms with E-state index in [1.54, 1.807) is 12.1 Å². The van der Waals surface area contributed by atoms with Crippen molar-refractivity contribution in [3.05, 3.63) is 70.9 Å². The van der Waals surface area contributed by atoms with E-state index in [4.69, 9.17) is 10.7 Å². The highest BCUT2D eigenvalue weighted by molar-refractivity contribution is 5.46. The Kier molecular flexibility index (Phi) is 3.71. The molecule has 4 heteroatoms. The highest BCUT2D eigenvalue weighted by atomic mass is 19.1. The summed E-state index contributed by atoms with van der Waals surface area (Å²) in [6.45, 7) is 2.63. The number of pyridine rings is 1. The van der Waals surface area contributed by atoms with Crippen molar-refractivity contribution in [1.29, 1.82) is 0 Å². The maximum absolute atomic E-state index is 13.0. The van der Waals surface area contributed by atoms with Gasteiger partial charge in [0.25, 0.3) is 0 Å². The average molecular weight is 283 g/mol. The normalized spacial score (nSPS) is 11.2. The Balaban J connectivity index is 2.03. The molecule has 3 aromatic rings. The lowest BCUT2D eigenvalue weighted by Gasteiger charge is -2.04. The molecule has 0 saturated heterocycles. The first-order chi connectivity index (χ1) is 10.2. The largest absolute Gasteiger partial charge is 0.330 e. The smallest absolute Gasteiger partial charge is 0.137 e. The van der Waals surface area contributed by atoms with Gasteiger partial charge in [0.05, 0.1) is 5.69 Å². The zero-order chi connectivity index (χ0) is 14.8. The number of nitrogens with zero attached hydrogens (tertiary/aromatic N) is 2. The second kappa shape index (κ2) is 5.66. The maximum Gasteiger partial charge on any atom is 0.137 e. The standard InChI is InChI=1S/C17H18FN3/c1-12-7-9-21-16(6-8-19)15(20-17(21)10-12)11-13-2-4-14(18)5-3-13/h2-5,7,9-10H,6,8,11,19H2,1H3. The Morgan fingerprint density at radius 3 is 2.67 bits per heavy atom. The van der Waals surface area contributed by atoms with Gasteiger partial charge in [-0.1, -0.05) is 12.1 Å². The van der Waals surface area contributed by atoms with Gasteiger partial charge in [0.1, 0.15) is 11.5 Å². The Bertz CT molecular complexity index is 760. The fraction of sp³-hybridized carbons (Fsp3) is 0.235. The molecule has 2 N–H and O–H groups in total. The maximum atomic E-state index is 13.0. The molecule has 0 aliphatic heterocycles. The first kappa shape index (κ1) is 13.8. The predicted molar refractivity (Wildman–Crippen MR) is 81.9 cm³/mol. The summed E-state index contributed by atoms with van der Waals surface area (Å²) in [5.41, 5.74) is 11.1. The fourth-order valence-corrected chi connectivity index (χ4v) is 2.58. The molecule has 0 unspecified atom stereocenters. The van der Waals surface area contributed by atoms with E-state index in [1.165, 1.54) is 17.7 Å². The molecule has 3 nitrogen and oxygen atoms in total. The second-order valence-electron chi connectivity index (χ2n) is 5.28. The van der Waals surface area contributed by atoms with Gasteiger partial charge in [0, 0.05) is 24.7 Å². The number of hydrogen-bond acceptors (Lipinski definition) is 2. The van der Waals surface area contributed by atoms with Crippen LogP contribution in [0.4, 0.5) is 4.39 Å². The van der Waals surface area contributed by atoms with Crippen molar-refractivity contribution >= 4 is 5.65 Å². The van der Waals surface area contributed by atoms with E-state index in [2.05, 4.69) is 23.5 Å². The van der Waals surface area contributed by atoms with E-state index in [-0.39, 0.29) is 5.82 Å². The van der Waals surface area contributed by atoms with Crippen LogP contribution in [-0.4, -0.2) is 15.9 Å². The number of benzene rings is 1. The van der Waals surface area contributed by atoms with Crippen LogP contribution in [0.5, 0.6) is 0 Å². The van der Waals surface area contributed by atoms with E-state index in [9.17, 15) is 4.39 Å². The summed E-state index contributed by atoms with van der Waals surface area (Å²) >= 11 is 0. The molecule has 0 fully saturated rings. The Labute approximate surface area is 123 Å². The molecule has 3 rings (SSSR count). The minimum Gasteiger partial charge on any atom is -0.330 e. The highest BCUT2D eigenvalue weighted by Gasteiger charge is 2.12. The molecule has 1 aromatic carbocycles. The van der Waals surface area contributed by atoms with Crippen LogP contribution >= 0.6 is 0 Å². The SMILES string of the molecule is Cc1ccn2c(CCN)c(Cc3ccc(F)cc3)nc2c1. The lowest BCUT2D eigenvalue weighted by Crippen LogP contribution is -2.07. The molecule has 21 heavy (non-hydrogen) atoms. The van der Waals surface area contributed by atoms with Crippen molar-refractivity contribution < 1.29 is 4.39 Å². The number of rotatable bonds is 4. The third-order valence-corrected chi connectivity index (χ3v) is 3.63. The summed E-state index contributed by atoms with van der Waals surface area (Å²) in [5.74, 6) is -0.216. The van der Waals surface area contributed by atoms with E-state index in [0.29, 0.717) is 13.0 Å².